The van der Waals surface area contributed by atoms with E-state index < -0.39 is 0 Å². The second-order valence-electron chi connectivity index (χ2n) is 6.57. The molecule has 0 aromatic heterocycles. The molecule has 3 heteroatoms. The molecule has 1 aliphatic rings. The second kappa shape index (κ2) is 8.11. The second-order valence-corrected chi connectivity index (χ2v) is 6.57. The molecule has 1 unspecified atom stereocenters. The van der Waals surface area contributed by atoms with Crippen molar-refractivity contribution in [1.82, 2.24) is 5.32 Å². The quantitative estimate of drug-likeness (QED) is 0.782. The molecule has 0 saturated heterocycles. The molecule has 0 aliphatic heterocycles. The molecule has 0 heterocycles. The van der Waals surface area contributed by atoms with Crippen molar-refractivity contribution in [2.45, 2.75) is 38.1 Å². The lowest BCUT2D eigenvalue weighted by Gasteiger charge is -2.18. The van der Waals surface area contributed by atoms with Gasteiger partial charge in [-0.05, 0) is 55.2 Å². The Morgan fingerprint density at radius 3 is 2.46 bits per heavy atom. The van der Waals surface area contributed by atoms with Crippen LogP contribution in [0.1, 0.15) is 40.7 Å². The molecule has 126 valence electrons. The highest BCUT2D eigenvalue weighted by Gasteiger charge is 2.32. The van der Waals surface area contributed by atoms with Crippen LogP contribution in [0.15, 0.2) is 54.6 Å². The first-order chi connectivity index (χ1) is 11.8. The van der Waals surface area contributed by atoms with Gasteiger partial charge in [-0.15, -0.1) is 0 Å². The summed E-state index contributed by atoms with van der Waals surface area (Å²) in [6.07, 6.45) is 4.72. The maximum absolute atomic E-state index is 12.7. The van der Waals surface area contributed by atoms with E-state index in [9.17, 15) is 9.90 Å². The number of hydrogen-bond acceptors (Lipinski definition) is 2. The van der Waals surface area contributed by atoms with E-state index in [4.69, 9.17) is 0 Å². The number of nitrogens with one attached hydrogen (secondary N) is 1. The van der Waals surface area contributed by atoms with E-state index in [1.165, 1.54) is 5.56 Å². The van der Waals surface area contributed by atoms with Gasteiger partial charge in [0.25, 0.3) is 5.91 Å². The number of carbonyl (C=O) groups excluding carboxylic acids is 1. The Bertz CT molecular complexity index is 665. The number of aliphatic hydroxyl groups excluding tert-OH is 1. The Labute approximate surface area is 143 Å². The number of carbonyl (C=O) groups is 1. The van der Waals surface area contributed by atoms with Crippen molar-refractivity contribution < 1.29 is 9.90 Å². The van der Waals surface area contributed by atoms with Crippen molar-refractivity contribution in [1.29, 1.82) is 0 Å². The first kappa shape index (κ1) is 16.7. The Kier molecular flexibility index (Phi) is 5.65. The van der Waals surface area contributed by atoms with E-state index in [1.54, 1.807) is 0 Å². The summed E-state index contributed by atoms with van der Waals surface area (Å²) >= 11 is 0. The zero-order chi connectivity index (χ0) is 16.8. The first-order valence-electron chi connectivity index (χ1n) is 8.81. The molecule has 2 N–H and O–H groups in total. The lowest BCUT2D eigenvalue weighted by Crippen LogP contribution is -2.37. The molecule has 0 spiro atoms. The first-order valence-corrected chi connectivity index (χ1v) is 8.81. The van der Waals surface area contributed by atoms with Crippen molar-refractivity contribution >= 4 is 5.91 Å². The van der Waals surface area contributed by atoms with Crippen LogP contribution in [-0.4, -0.2) is 23.7 Å². The van der Waals surface area contributed by atoms with Crippen molar-refractivity contribution in [2.75, 3.05) is 6.61 Å². The molecule has 1 atom stereocenters. The van der Waals surface area contributed by atoms with Gasteiger partial charge in [0.15, 0.2) is 0 Å². The predicted molar refractivity (Wildman–Crippen MR) is 96.0 cm³/mol. The van der Waals surface area contributed by atoms with Gasteiger partial charge in [-0.25, -0.2) is 0 Å². The minimum Gasteiger partial charge on any atom is -0.396 e. The van der Waals surface area contributed by atoms with Crippen molar-refractivity contribution in [3.8, 4) is 0 Å². The highest BCUT2D eigenvalue weighted by molar-refractivity contribution is 5.95. The maximum Gasteiger partial charge on any atom is 0.251 e. The summed E-state index contributed by atoms with van der Waals surface area (Å²) in [5.41, 5.74) is 3.12. The van der Waals surface area contributed by atoms with Gasteiger partial charge >= 0.3 is 0 Å². The zero-order valence-corrected chi connectivity index (χ0v) is 13.9. The molecule has 3 nitrogen and oxygen atoms in total. The monoisotopic (exact) mass is 323 g/mol. The molecular weight excluding hydrogens is 298 g/mol. The molecule has 1 fully saturated rings. The number of aliphatic hydroxyl groups is 1. The minimum absolute atomic E-state index is 0.0102. The van der Waals surface area contributed by atoms with Gasteiger partial charge in [0.05, 0.1) is 0 Å². The average Bonchev–Trinajstić information content (AvgIpc) is 3.46. The standard InChI is InChI=1S/C21H25NO2/c23-15-14-20(18-12-13-18)22-21(24)19-9-5-4-8-17(19)11-10-16-6-2-1-3-7-16/h1-9,18,20,23H,10-15H2,(H,22,24). The lowest BCUT2D eigenvalue weighted by atomic mass is 9.98. The molecule has 0 bridgehead atoms. The third-order valence-corrected chi connectivity index (χ3v) is 4.74. The fourth-order valence-electron chi connectivity index (χ4n) is 3.19. The average molecular weight is 323 g/mol. The Morgan fingerprint density at radius 2 is 1.75 bits per heavy atom. The van der Waals surface area contributed by atoms with E-state index in [0.29, 0.717) is 12.3 Å². The highest BCUT2D eigenvalue weighted by Crippen LogP contribution is 2.34. The Balaban J connectivity index is 1.67. The highest BCUT2D eigenvalue weighted by atomic mass is 16.3. The largest absolute Gasteiger partial charge is 0.396 e. The third-order valence-electron chi connectivity index (χ3n) is 4.74. The topological polar surface area (TPSA) is 49.3 Å². The molecule has 3 rings (SSSR count). The van der Waals surface area contributed by atoms with Crippen LogP contribution in [0.25, 0.3) is 0 Å². The van der Waals surface area contributed by atoms with Crippen LogP contribution < -0.4 is 5.32 Å². The van der Waals surface area contributed by atoms with E-state index >= 15 is 0 Å². The van der Waals surface area contributed by atoms with Gasteiger partial charge in [-0.2, -0.15) is 0 Å². The van der Waals surface area contributed by atoms with Crippen molar-refractivity contribution in [2.24, 2.45) is 5.92 Å². The van der Waals surface area contributed by atoms with Crippen LogP contribution in [0.4, 0.5) is 0 Å². The third kappa shape index (κ3) is 4.45. The van der Waals surface area contributed by atoms with E-state index in [-0.39, 0.29) is 18.6 Å². The van der Waals surface area contributed by atoms with Gasteiger partial charge in [-0.3, -0.25) is 4.79 Å². The van der Waals surface area contributed by atoms with Crippen LogP contribution >= 0.6 is 0 Å². The summed E-state index contributed by atoms with van der Waals surface area (Å²) in [6.45, 7) is 0.122. The Hall–Kier alpha value is -2.13. The summed E-state index contributed by atoms with van der Waals surface area (Å²) < 4.78 is 0. The fraction of sp³-hybridized carbons (Fsp3) is 0.381. The summed E-state index contributed by atoms with van der Waals surface area (Å²) in [7, 11) is 0. The summed E-state index contributed by atoms with van der Waals surface area (Å²) in [5, 5.41) is 12.3. The molecule has 2 aromatic rings. The minimum atomic E-state index is -0.0102. The normalized spacial score (nSPS) is 15.0. The van der Waals surface area contributed by atoms with Gasteiger partial charge in [0.1, 0.15) is 0 Å². The molecule has 1 aliphatic carbocycles. The van der Waals surface area contributed by atoms with Gasteiger partial charge < -0.3 is 10.4 Å². The van der Waals surface area contributed by atoms with Gasteiger partial charge in [-0.1, -0.05) is 48.5 Å². The van der Waals surface area contributed by atoms with Crippen molar-refractivity contribution in [3.63, 3.8) is 0 Å². The van der Waals surface area contributed by atoms with E-state index in [1.807, 2.05) is 42.5 Å². The van der Waals surface area contributed by atoms with E-state index in [0.717, 1.165) is 36.8 Å². The molecule has 24 heavy (non-hydrogen) atoms. The number of aryl methyl sites for hydroxylation is 2. The molecular formula is C21H25NO2. The predicted octanol–water partition coefficient (Wildman–Crippen LogP) is 3.36. The van der Waals surface area contributed by atoms with Gasteiger partial charge in [0.2, 0.25) is 0 Å². The van der Waals surface area contributed by atoms with Gasteiger partial charge in [0, 0.05) is 18.2 Å². The van der Waals surface area contributed by atoms with Crippen LogP contribution in [0, 0.1) is 5.92 Å². The SMILES string of the molecule is O=C(NC(CCO)C1CC1)c1ccccc1CCc1ccccc1. The number of benzene rings is 2. The van der Waals surface area contributed by atoms with Crippen LogP contribution in [0.2, 0.25) is 0 Å². The summed E-state index contributed by atoms with van der Waals surface area (Å²) in [4.78, 5) is 12.7. The fourth-order valence-corrected chi connectivity index (χ4v) is 3.19. The van der Waals surface area contributed by atoms with E-state index in [2.05, 4.69) is 17.4 Å². The zero-order valence-electron chi connectivity index (χ0n) is 13.9. The molecule has 1 saturated carbocycles. The Morgan fingerprint density at radius 1 is 1.04 bits per heavy atom. The van der Waals surface area contributed by atoms with Crippen LogP contribution in [0.5, 0.6) is 0 Å². The number of hydrogen-bond donors (Lipinski definition) is 2. The summed E-state index contributed by atoms with van der Waals surface area (Å²) in [5.74, 6) is 0.529. The van der Waals surface area contributed by atoms with Crippen molar-refractivity contribution in [3.05, 3.63) is 71.3 Å². The lowest BCUT2D eigenvalue weighted by molar-refractivity contribution is 0.0923. The van der Waals surface area contributed by atoms with Crippen LogP contribution in [-0.2, 0) is 12.8 Å². The molecule has 2 aromatic carbocycles. The van der Waals surface area contributed by atoms with Crippen LogP contribution in [0.3, 0.4) is 0 Å². The number of rotatable bonds is 8. The maximum atomic E-state index is 12.7. The smallest absolute Gasteiger partial charge is 0.251 e. The summed E-state index contributed by atoms with van der Waals surface area (Å²) in [6, 6.07) is 18.3. The molecule has 0 radical (unpaired) electrons. The molecule has 1 amide bonds. The number of amides is 1.